The van der Waals surface area contributed by atoms with Crippen LogP contribution in [0, 0.1) is 6.92 Å². The predicted molar refractivity (Wildman–Crippen MR) is 63.3 cm³/mol. The van der Waals surface area contributed by atoms with Crippen LogP contribution < -0.4 is 0 Å². The highest BCUT2D eigenvalue weighted by Crippen LogP contribution is 2.18. The fourth-order valence-corrected chi connectivity index (χ4v) is 1.40. The van der Waals surface area contributed by atoms with Crippen molar-refractivity contribution in [3.8, 4) is 0 Å². The van der Waals surface area contributed by atoms with Crippen LogP contribution in [-0.4, -0.2) is 5.88 Å². The lowest BCUT2D eigenvalue weighted by atomic mass is 10.1. The molecule has 13 heavy (non-hydrogen) atoms. The van der Waals surface area contributed by atoms with Gasteiger partial charge in [-0.3, -0.25) is 0 Å². The highest BCUT2D eigenvalue weighted by atomic mass is 79.9. The average molecular weight is 260 g/mol. The molecule has 0 aromatic heterocycles. The summed E-state index contributed by atoms with van der Waals surface area (Å²) in [5.74, 6) is 0.592. The molecule has 70 valence electrons. The summed E-state index contributed by atoms with van der Waals surface area (Å²) in [4.78, 5) is 0. The predicted octanol–water partition coefficient (Wildman–Crippen LogP) is 4.40. The van der Waals surface area contributed by atoms with Crippen LogP contribution in [0.2, 0.25) is 0 Å². The maximum Gasteiger partial charge on any atom is 0.0434 e. The van der Waals surface area contributed by atoms with Crippen molar-refractivity contribution >= 4 is 33.6 Å². The van der Waals surface area contributed by atoms with E-state index >= 15 is 0 Å². The van der Waals surface area contributed by atoms with Crippen molar-refractivity contribution in [2.24, 2.45) is 0 Å². The van der Waals surface area contributed by atoms with Gasteiger partial charge in [-0.25, -0.2) is 0 Å². The molecule has 0 atom stereocenters. The van der Waals surface area contributed by atoms with E-state index < -0.39 is 0 Å². The third kappa shape index (κ3) is 3.17. The van der Waals surface area contributed by atoms with Crippen LogP contribution in [0.5, 0.6) is 0 Å². The standard InChI is InChI=1S/C11H12BrCl/c1-8(7-13)5-10-3-4-11(12)9(2)6-10/h3-6H,7H2,1-2H3. The van der Waals surface area contributed by atoms with E-state index in [4.69, 9.17) is 11.6 Å². The minimum Gasteiger partial charge on any atom is -0.122 e. The Kier molecular flexibility index (Phi) is 4.01. The normalized spacial score (nSPS) is 11.8. The quantitative estimate of drug-likeness (QED) is 0.691. The fourth-order valence-electron chi connectivity index (χ4n) is 1.08. The van der Waals surface area contributed by atoms with Gasteiger partial charge in [-0.2, -0.15) is 0 Å². The highest BCUT2D eigenvalue weighted by Gasteiger charge is 1.95. The van der Waals surface area contributed by atoms with Crippen LogP contribution >= 0.6 is 27.5 Å². The van der Waals surface area contributed by atoms with E-state index in [2.05, 4.69) is 47.1 Å². The molecule has 0 bridgehead atoms. The van der Waals surface area contributed by atoms with Crippen molar-refractivity contribution in [3.05, 3.63) is 39.4 Å². The van der Waals surface area contributed by atoms with Gasteiger partial charge >= 0.3 is 0 Å². The summed E-state index contributed by atoms with van der Waals surface area (Å²) < 4.78 is 1.15. The third-order valence-corrected chi connectivity index (χ3v) is 3.12. The second-order valence-electron chi connectivity index (χ2n) is 3.13. The molecule has 0 fully saturated rings. The van der Waals surface area contributed by atoms with Gasteiger partial charge in [0.1, 0.15) is 0 Å². The average Bonchev–Trinajstić information content (AvgIpc) is 2.11. The van der Waals surface area contributed by atoms with Crippen LogP contribution in [0.25, 0.3) is 6.08 Å². The molecule has 1 rings (SSSR count). The molecule has 2 heteroatoms. The zero-order chi connectivity index (χ0) is 9.84. The Morgan fingerprint density at radius 2 is 2.23 bits per heavy atom. The number of benzene rings is 1. The van der Waals surface area contributed by atoms with Crippen molar-refractivity contribution in [1.29, 1.82) is 0 Å². The molecule has 1 aromatic carbocycles. The summed E-state index contributed by atoms with van der Waals surface area (Å²) in [5.41, 5.74) is 3.64. The number of aryl methyl sites for hydroxylation is 1. The van der Waals surface area contributed by atoms with Crippen LogP contribution in [0.15, 0.2) is 28.2 Å². The van der Waals surface area contributed by atoms with Gasteiger partial charge in [-0.1, -0.05) is 39.7 Å². The van der Waals surface area contributed by atoms with Gasteiger partial charge < -0.3 is 0 Å². The van der Waals surface area contributed by atoms with Crippen molar-refractivity contribution in [1.82, 2.24) is 0 Å². The second kappa shape index (κ2) is 4.83. The molecular weight excluding hydrogens is 247 g/mol. The molecule has 0 unspecified atom stereocenters. The molecule has 0 aliphatic rings. The van der Waals surface area contributed by atoms with Crippen molar-refractivity contribution in [3.63, 3.8) is 0 Å². The van der Waals surface area contributed by atoms with E-state index in [1.165, 1.54) is 16.7 Å². The Morgan fingerprint density at radius 3 is 2.77 bits per heavy atom. The first kappa shape index (κ1) is 10.8. The first-order valence-corrected chi connectivity index (χ1v) is 5.45. The molecule has 0 N–H and O–H groups in total. The number of hydrogen-bond acceptors (Lipinski definition) is 0. The smallest absolute Gasteiger partial charge is 0.0434 e. The maximum atomic E-state index is 5.70. The van der Waals surface area contributed by atoms with E-state index in [9.17, 15) is 0 Å². The zero-order valence-corrected chi connectivity index (χ0v) is 10.1. The molecule has 0 radical (unpaired) electrons. The summed E-state index contributed by atoms with van der Waals surface area (Å²) >= 11 is 9.16. The number of rotatable bonds is 2. The Morgan fingerprint density at radius 1 is 1.54 bits per heavy atom. The molecule has 0 heterocycles. The van der Waals surface area contributed by atoms with Crippen LogP contribution in [0.1, 0.15) is 18.1 Å². The van der Waals surface area contributed by atoms with Gasteiger partial charge in [0.25, 0.3) is 0 Å². The summed E-state index contributed by atoms with van der Waals surface area (Å²) in [7, 11) is 0. The lowest BCUT2D eigenvalue weighted by molar-refractivity contribution is 1.39. The van der Waals surface area contributed by atoms with E-state index in [0.29, 0.717) is 5.88 Å². The Labute approximate surface area is 92.7 Å². The second-order valence-corrected chi connectivity index (χ2v) is 4.25. The first-order chi connectivity index (χ1) is 6.13. The zero-order valence-electron chi connectivity index (χ0n) is 7.77. The van der Waals surface area contributed by atoms with Crippen molar-refractivity contribution < 1.29 is 0 Å². The molecule has 0 saturated carbocycles. The first-order valence-electron chi connectivity index (χ1n) is 4.13. The van der Waals surface area contributed by atoms with E-state index in [0.717, 1.165) is 4.47 Å². The van der Waals surface area contributed by atoms with Gasteiger partial charge in [-0.05, 0) is 31.0 Å². The van der Waals surface area contributed by atoms with Crippen molar-refractivity contribution in [2.75, 3.05) is 5.88 Å². The minimum atomic E-state index is 0.592. The molecule has 0 amide bonds. The van der Waals surface area contributed by atoms with Crippen LogP contribution in [-0.2, 0) is 0 Å². The SMILES string of the molecule is CC(=Cc1ccc(Br)c(C)c1)CCl. The molecule has 0 spiro atoms. The Hall–Kier alpha value is -0.270. The molecule has 0 saturated heterocycles. The monoisotopic (exact) mass is 258 g/mol. The van der Waals surface area contributed by atoms with Gasteiger partial charge in [0, 0.05) is 10.4 Å². The Bertz CT molecular complexity index is 329. The number of hydrogen-bond donors (Lipinski definition) is 0. The van der Waals surface area contributed by atoms with E-state index in [-0.39, 0.29) is 0 Å². The fraction of sp³-hybridized carbons (Fsp3) is 0.273. The maximum absolute atomic E-state index is 5.70. The largest absolute Gasteiger partial charge is 0.122 e. The van der Waals surface area contributed by atoms with Crippen molar-refractivity contribution in [2.45, 2.75) is 13.8 Å². The van der Waals surface area contributed by atoms with Crippen LogP contribution in [0.3, 0.4) is 0 Å². The highest BCUT2D eigenvalue weighted by molar-refractivity contribution is 9.10. The number of allylic oxidation sites excluding steroid dienone is 1. The lowest BCUT2D eigenvalue weighted by Gasteiger charge is -2.00. The topological polar surface area (TPSA) is 0 Å². The van der Waals surface area contributed by atoms with E-state index in [1.54, 1.807) is 0 Å². The molecule has 0 aliphatic carbocycles. The summed E-state index contributed by atoms with van der Waals surface area (Å²) in [6.45, 7) is 4.11. The van der Waals surface area contributed by atoms with Gasteiger partial charge in [0.2, 0.25) is 0 Å². The van der Waals surface area contributed by atoms with Gasteiger partial charge in [0.05, 0.1) is 0 Å². The molecule has 1 aromatic rings. The number of alkyl halides is 1. The van der Waals surface area contributed by atoms with Crippen LogP contribution in [0.4, 0.5) is 0 Å². The molecule has 0 nitrogen and oxygen atoms in total. The number of halogens is 2. The molecule has 0 aliphatic heterocycles. The summed E-state index contributed by atoms with van der Waals surface area (Å²) in [5, 5.41) is 0. The summed E-state index contributed by atoms with van der Waals surface area (Å²) in [6, 6.07) is 6.27. The lowest BCUT2D eigenvalue weighted by Crippen LogP contribution is -1.81. The Balaban J connectivity index is 2.98. The summed E-state index contributed by atoms with van der Waals surface area (Å²) in [6.07, 6.45) is 2.10. The van der Waals surface area contributed by atoms with Gasteiger partial charge in [-0.15, -0.1) is 11.6 Å². The molecular formula is C11H12BrCl. The minimum absolute atomic E-state index is 0.592. The third-order valence-electron chi connectivity index (χ3n) is 1.81. The van der Waals surface area contributed by atoms with Gasteiger partial charge in [0.15, 0.2) is 0 Å². The van der Waals surface area contributed by atoms with E-state index in [1.807, 2.05) is 6.92 Å².